The standard InChI is InChI=1S/C13H20N2O2/c1-9(2)15-13(16)8-14-11-4-3-5-12-10(11)6-7-17-12/h6-7,9,11,14H,3-5,8H2,1-2H3,(H,15,16). The van der Waals surface area contributed by atoms with Crippen LogP contribution in [-0.2, 0) is 11.2 Å². The molecule has 0 bridgehead atoms. The third-order valence-corrected chi connectivity index (χ3v) is 3.01. The number of fused-ring (bicyclic) bond motifs is 1. The lowest BCUT2D eigenvalue weighted by Crippen LogP contribution is -2.39. The summed E-state index contributed by atoms with van der Waals surface area (Å²) in [7, 11) is 0. The first-order valence-corrected chi connectivity index (χ1v) is 6.26. The van der Waals surface area contributed by atoms with Crippen molar-refractivity contribution in [3.63, 3.8) is 0 Å². The third kappa shape index (κ3) is 3.09. The Kier molecular flexibility index (Phi) is 3.84. The summed E-state index contributed by atoms with van der Waals surface area (Å²) in [5.74, 6) is 1.12. The van der Waals surface area contributed by atoms with Gasteiger partial charge in [-0.05, 0) is 32.8 Å². The van der Waals surface area contributed by atoms with Crippen molar-refractivity contribution in [1.29, 1.82) is 0 Å². The molecule has 0 spiro atoms. The normalized spacial score (nSPS) is 19.1. The summed E-state index contributed by atoms with van der Waals surface area (Å²) in [5, 5.41) is 6.17. The molecular formula is C13H20N2O2. The molecule has 1 aromatic heterocycles. The lowest BCUT2D eigenvalue weighted by atomic mass is 9.93. The topological polar surface area (TPSA) is 54.3 Å². The SMILES string of the molecule is CC(C)NC(=O)CNC1CCCc2occc21. The van der Waals surface area contributed by atoms with Crippen LogP contribution in [0.25, 0.3) is 0 Å². The molecule has 1 amide bonds. The molecule has 4 heteroatoms. The average Bonchev–Trinajstić information content (AvgIpc) is 2.73. The molecule has 1 heterocycles. The Balaban J connectivity index is 1.87. The van der Waals surface area contributed by atoms with Crippen molar-refractivity contribution in [3.8, 4) is 0 Å². The zero-order chi connectivity index (χ0) is 12.3. The van der Waals surface area contributed by atoms with E-state index in [1.165, 1.54) is 5.56 Å². The number of furan rings is 1. The van der Waals surface area contributed by atoms with Crippen LogP contribution in [0.2, 0.25) is 0 Å². The van der Waals surface area contributed by atoms with E-state index in [1.807, 2.05) is 19.9 Å². The molecule has 0 fully saturated rings. The van der Waals surface area contributed by atoms with Gasteiger partial charge >= 0.3 is 0 Å². The van der Waals surface area contributed by atoms with Gasteiger partial charge in [0.25, 0.3) is 0 Å². The van der Waals surface area contributed by atoms with Crippen LogP contribution in [0.15, 0.2) is 16.7 Å². The number of hydrogen-bond acceptors (Lipinski definition) is 3. The van der Waals surface area contributed by atoms with Gasteiger partial charge in [0.1, 0.15) is 5.76 Å². The highest BCUT2D eigenvalue weighted by Gasteiger charge is 2.22. The first-order valence-electron chi connectivity index (χ1n) is 6.26. The first kappa shape index (κ1) is 12.2. The highest BCUT2D eigenvalue weighted by atomic mass is 16.3. The van der Waals surface area contributed by atoms with Gasteiger partial charge in [-0.25, -0.2) is 0 Å². The summed E-state index contributed by atoms with van der Waals surface area (Å²) in [4.78, 5) is 11.5. The third-order valence-electron chi connectivity index (χ3n) is 3.01. The number of amides is 1. The molecule has 0 aromatic carbocycles. The fourth-order valence-corrected chi connectivity index (χ4v) is 2.29. The van der Waals surface area contributed by atoms with E-state index in [1.54, 1.807) is 6.26 Å². The van der Waals surface area contributed by atoms with E-state index in [2.05, 4.69) is 10.6 Å². The second-order valence-corrected chi connectivity index (χ2v) is 4.85. The van der Waals surface area contributed by atoms with Gasteiger partial charge in [0.2, 0.25) is 5.91 Å². The molecule has 0 radical (unpaired) electrons. The summed E-state index contributed by atoms with van der Waals surface area (Å²) in [5.41, 5.74) is 1.22. The Labute approximate surface area is 102 Å². The maximum Gasteiger partial charge on any atom is 0.234 e. The molecule has 1 atom stereocenters. The highest BCUT2D eigenvalue weighted by Crippen LogP contribution is 2.30. The van der Waals surface area contributed by atoms with Crippen molar-refractivity contribution in [1.82, 2.24) is 10.6 Å². The fourth-order valence-electron chi connectivity index (χ4n) is 2.29. The Hall–Kier alpha value is -1.29. The molecule has 0 saturated carbocycles. The van der Waals surface area contributed by atoms with Gasteiger partial charge in [-0.2, -0.15) is 0 Å². The second kappa shape index (κ2) is 5.36. The Morgan fingerprint density at radius 2 is 2.41 bits per heavy atom. The van der Waals surface area contributed by atoms with E-state index >= 15 is 0 Å². The minimum absolute atomic E-state index is 0.0515. The van der Waals surface area contributed by atoms with Crippen molar-refractivity contribution in [3.05, 3.63) is 23.7 Å². The molecule has 1 aliphatic rings. The van der Waals surface area contributed by atoms with E-state index in [0.29, 0.717) is 6.54 Å². The molecule has 1 aliphatic carbocycles. The summed E-state index contributed by atoms with van der Waals surface area (Å²) in [6.07, 6.45) is 4.93. The molecule has 17 heavy (non-hydrogen) atoms. The molecule has 0 aliphatic heterocycles. The largest absolute Gasteiger partial charge is 0.469 e. The summed E-state index contributed by atoms with van der Waals surface area (Å²) >= 11 is 0. The number of rotatable bonds is 4. The molecule has 4 nitrogen and oxygen atoms in total. The summed E-state index contributed by atoms with van der Waals surface area (Å²) in [6, 6.07) is 2.46. The Morgan fingerprint density at radius 3 is 3.18 bits per heavy atom. The van der Waals surface area contributed by atoms with Crippen LogP contribution < -0.4 is 10.6 Å². The fraction of sp³-hybridized carbons (Fsp3) is 0.615. The van der Waals surface area contributed by atoms with Gasteiger partial charge in [-0.3, -0.25) is 4.79 Å². The number of nitrogens with one attached hydrogen (secondary N) is 2. The van der Waals surface area contributed by atoms with Gasteiger partial charge < -0.3 is 15.1 Å². The second-order valence-electron chi connectivity index (χ2n) is 4.85. The lowest BCUT2D eigenvalue weighted by molar-refractivity contribution is -0.120. The monoisotopic (exact) mass is 236 g/mol. The molecule has 2 rings (SSSR count). The van der Waals surface area contributed by atoms with Crippen LogP contribution in [-0.4, -0.2) is 18.5 Å². The maximum atomic E-state index is 11.5. The molecule has 2 N–H and O–H groups in total. The van der Waals surface area contributed by atoms with Crippen LogP contribution in [0, 0.1) is 0 Å². The van der Waals surface area contributed by atoms with Crippen LogP contribution in [0.3, 0.4) is 0 Å². The predicted octanol–water partition coefficient (Wildman–Crippen LogP) is 1.77. The number of aryl methyl sites for hydroxylation is 1. The van der Waals surface area contributed by atoms with E-state index in [-0.39, 0.29) is 18.0 Å². The van der Waals surface area contributed by atoms with Gasteiger partial charge in [0, 0.05) is 24.1 Å². The quantitative estimate of drug-likeness (QED) is 0.837. The summed E-state index contributed by atoms with van der Waals surface area (Å²) < 4.78 is 5.42. The van der Waals surface area contributed by atoms with Crippen LogP contribution in [0.1, 0.15) is 44.1 Å². The smallest absolute Gasteiger partial charge is 0.234 e. The number of carbonyl (C=O) groups is 1. The molecule has 1 aromatic rings. The average molecular weight is 236 g/mol. The lowest BCUT2D eigenvalue weighted by Gasteiger charge is -2.22. The van der Waals surface area contributed by atoms with E-state index in [4.69, 9.17) is 4.42 Å². The first-order chi connectivity index (χ1) is 8.16. The van der Waals surface area contributed by atoms with Crippen LogP contribution in [0.5, 0.6) is 0 Å². The molecule has 1 unspecified atom stereocenters. The number of carbonyl (C=O) groups excluding carboxylic acids is 1. The van der Waals surface area contributed by atoms with Crippen molar-refractivity contribution >= 4 is 5.91 Å². The summed E-state index contributed by atoms with van der Waals surface area (Å²) in [6.45, 7) is 4.30. The minimum atomic E-state index is 0.0515. The van der Waals surface area contributed by atoms with Crippen LogP contribution in [0.4, 0.5) is 0 Å². The van der Waals surface area contributed by atoms with E-state index in [0.717, 1.165) is 25.0 Å². The molecule has 94 valence electrons. The maximum absolute atomic E-state index is 11.5. The molecular weight excluding hydrogens is 216 g/mol. The van der Waals surface area contributed by atoms with Gasteiger partial charge in [0.05, 0.1) is 12.8 Å². The van der Waals surface area contributed by atoms with Crippen molar-refractivity contribution < 1.29 is 9.21 Å². The number of hydrogen-bond donors (Lipinski definition) is 2. The van der Waals surface area contributed by atoms with Crippen LogP contribution >= 0.6 is 0 Å². The minimum Gasteiger partial charge on any atom is -0.469 e. The zero-order valence-electron chi connectivity index (χ0n) is 10.5. The van der Waals surface area contributed by atoms with Crippen molar-refractivity contribution in [2.24, 2.45) is 0 Å². The zero-order valence-corrected chi connectivity index (χ0v) is 10.5. The Morgan fingerprint density at radius 1 is 1.59 bits per heavy atom. The van der Waals surface area contributed by atoms with E-state index in [9.17, 15) is 4.79 Å². The van der Waals surface area contributed by atoms with Gasteiger partial charge in [-0.1, -0.05) is 0 Å². The highest BCUT2D eigenvalue weighted by molar-refractivity contribution is 5.78. The predicted molar refractivity (Wildman–Crippen MR) is 65.7 cm³/mol. The van der Waals surface area contributed by atoms with Crippen molar-refractivity contribution in [2.75, 3.05) is 6.54 Å². The van der Waals surface area contributed by atoms with E-state index < -0.39 is 0 Å². The van der Waals surface area contributed by atoms with Crippen molar-refractivity contribution in [2.45, 2.75) is 45.2 Å². The molecule has 0 saturated heterocycles. The van der Waals surface area contributed by atoms with Gasteiger partial charge in [0.15, 0.2) is 0 Å². The van der Waals surface area contributed by atoms with Gasteiger partial charge in [-0.15, -0.1) is 0 Å². The Bertz CT molecular complexity index is 385.